The monoisotopic (exact) mass is 394 g/mol. The van der Waals surface area contributed by atoms with Crippen molar-refractivity contribution in [2.45, 2.75) is 32.1 Å². The van der Waals surface area contributed by atoms with Gasteiger partial charge in [0, 0.05) is 42.5 Å². The van der Waals surface area contributed by atoms with Crippen LogP contribution in [-0.4, -0.2) is 30.5 Å². The Hall–Kier alpha value is -2.58. The summed E-state index contributed by atoms with van der Waals surface area (Å²) in [7, 11) is 0. The molecule has 1 saturated heterocycles. The number of rotatable bonds is 2. The summed E-state index contributed by atoms with van der Waals surface area (Å²) in [5.74, 6) is 1.16. The predicted octanol–water partition coefficient (Wildman–Crippen LogP) is 4.87. The average molecular weight is 395 g/mol. The molecule has 1 aromatic carbocycles. The molecule has 2 aromatic rings. The molecule has 2 aliphatic rings. The smallest absolute Gasteiger partial charge is 0.230 e. The highest BCUT2D eigenvalue weighted by Crippen LogP contribution is 2.32. The highest BCUT2D eigenvalue weighted by Gasteiger charge is 2.31. The zero-order valence-electron chi connectivity index (χ0n) is 15.8. The lowest BCUT2D eigenvalue weighted by Gasteiger charge is -2.35. The molecule has 6 heteroatoms. The number of aryl methyl sites for hydroxylation is 1. The van der Waals surface area contributed by atoms with Gasteiger partial charge in [-0.05, 0) is 61.9 Å². The van der Waals surface area contributed by atoms with Gasteiger partial charge in [-0.15, -0.1) is 0 Å². The van der Waals surface area contributed by atoms with Crippen LogP contribution in [-0.2, 0) is 11.2 Å². The number of amides is 1. The number of piperidine rings is 1. The van der Waals surface area contributed by atoms with Gasteiger partial charge >= 0.3 is 0 Å². The van der Waals surface area contributed by atoms with Crippen molar-refractivity contribution >= 4 is 34.7 Å². The van der Waals surface area contributed by atoms with Crippen LogP contribution >= 0.6 is 11.6 Å². The average Bonchev–Trinajstić information content (AvgIpc) is 2.95. The molecule has 0 N–H and O–H groups in total. The van der Waals surface area contributed by atoms with E-state index >= 15 is 0 Å². The number of carbonyl (C=O) groups is 1. The maximum Gasteiger partial charge on any atom is 0.230 e. The van der Waals surface area contributed by atoms with E-state index in [1.807, 2.05) is 29.2 Å². The number of hydrogen-bond donors (Lipinski definition) is 0. The van der Waals surface area contributed by atoms with E-state index in [1.165, 1.54) is 5.56 Å². The van der Waals surface area contributed by atoms with E-state index in [9.17, 15) is 4.79 Å². The summed E-state index contributed by atoms with van der Waals surface area (Å²) in [5.41, 5.74) is 2.76. The first-order chi connectivity index (χ1) is 13.7. The summed E-state index contributed by atoms with van der Waals surface area (Å²) in [6, 6.07) is 9.58. The van der Waals surface area contributed by atoms with E-state index in [0.717, 1.165) is 68.3 Å². The summed E-state index contributed by atoms with van der Waals surface area (Å²) in [6.45, 7) is 9.43. The SMILES string of the molecule is [C-]#[N+]c1ccc(N2CCC(C(=O)N3CCCCc4cc(Cl)ccc43)CC2)nc1. The largest absolute Gasteiger partial charge is 0.357 e. The second kappa shape index (κ2) is 8.20. The molecule has 1 fully saturated rings. The summed E-state index contributed by atoms with van der Waals surface area (Å²) in [6.07, 6.45) is 6.34. The molecule has 2 aliphatic heterocycles. The van der Waals surface area contributed by atoms with Crippen molar-refractivity contribution in [3.8, 4) is 0 Å². The molecule has 0 bridgehead atoms. The summed E-state index contributed by atoms with van der Waals surface area (Å²) < 4.78 is 0. The van der Waals surface area contributed by atoms with Crippen molar-refractivity contribution in [1.82, 2.24) is 4.98 Å². The Bertz CT molecular complexity index is 898. The first-order valence-electron chi connectivity index (χ1n) is 9.84. The van der Waals surface area contributed by atoms with E-state index in [2.05, 4.69) is 14.7 Å². The van der Waals surface area contributed by atoms with E-state index in [1.54, 1.807) is 12.3 Å². The van der Waals surface area contributed by atoms with Crippen LogP contribution in [0.2, 0.25) is 5.02 Å². The molecule has 0 saturated carbocycles. The van der Waals surface area contributed by atoms with Crippen LogP contribution in [0.25, 0.3) is 4.85 Å². The van der Waals surface area contributed by atoms with Crippen LogP contribution in [0.1, 0.15) is 31.2 Å². The maximum absolute atomic E-state index is 13.3. The predicted molar refractivity (Wildman–Crippen MR) is 112 cm³/mol. The molecular weight excluding hydrogens is 372 g/mol. The molecule has 144 valence electrons. The zero-order valence-corrected chi connectivity index (χ0v) is 16.5. The Kier molecular flexibility index (Phi) is 5.50. The van der Waals surface area contributed by atoms with Crippen molar-refractivity contribution in [2.24, 2.45) is 5.92 Å². The third-order valence-corrected chi connectivity index (χ3v) is 5.94. The second-order valence-corrected chi connectivity index (χ2v) is 7.90. The Labute approximate surface area is 170 Å². The number of hydrogen-bond acceptors (Lipinski definition) is 3. The lowest BCUT2D eigenvalue weighted by atomic mass is 9.94. The van der Waals surface area contributed by atoms with Gasteiger partial charge in [-0.2, -0.15) is 0 Å². The van der Waals surface area contributed by atoms with Gasteiger partial charge in [-0.25, -0.2) is 4.85 Å². The number of halogens is 1. The van der Waals surface area contributed by atoms with Crippen molar-refractivity contribution in [3.63, 3.8) is 0 Å². The van der Waals surface area contributed by atoms with Gasteiger partial charge in [0.25, 0.3) is 0 Å². The summed E-state index contributed by atoms with van der Waals surface area (Å²) in [4.78, 5) is 25.3. The zero-order chi connectivity index (χ0) is 19.5. The van der Waals surface area contributed by atoms with Crippen LogP contribution in [0.3, 0.4) is 0 Å². The van der Waals surface area contributed by atoms with Crippen LogP contribution in [0.4, 0.5) is 17.2 Å². The normalized spacial score (nSPS) is 17.6. The molecule has 3 heterocycles. The molecule has 0 radical (unpaired) electrons. The first kappa shape index (κ1) is 18.8. The van der Waals surface area contributed by atoms with Gasteiger partial charge in [-0.1, -0.05) is 17.7 Å². The standard InChI is InChI=1S/C22H23ClN4O/c1-24-19-6-8-21(25-15-19)26-12-9-16(10-13-26)22(28)27-11-3-2-4-17-14-18(23)5-7-20(17)27/h5-8,14-16H,2-4,9-13H2. The molecule has 0 unspecified atom stereocenters. The fourth-order valence-corrected chi connectivity index (χ4v) is 4.35. The lowest BCUT2D eigenvalue weighted by molar-refractivity contribution is -0.123. The topological polar surface area (TPSA) is 40.8 Å². The van der Waals surface area contributed by atoms with E-state index in [-0.39, 0.29) is 11.8 Å². The van der Waals surface area contributed by atoms with Crippen molar-refractivity contribution in [2.75, 3.05) is 29.4 Å². The molecule has 1 aromatic heterocycles. The quantitative estimate of drug-likeness (QED) is 0.682. The molecular formula is C22H23ClN4O. The van der Waals surface area contributed by atoms with Crippen LogP contribution in [0.5, 0.6) is 0 Å². The number of pyridine rings is 1. The highest BCUT2D eigenvalue weighted by molar-refractivity contribution is 6.30. The maximum atomic E-state index is 13.3. The molecule has 28 heavy (non-hydrogen) atoms. The Morgan fingerprint density at radius 2 is 1.96 bits per heavy atom. The number of nitrogens with zero attached hydrogens (tertiary/aromatic N) is 4. The van der Waals surface area contributed by atoms with Crippen molar-refractivity contribution in [1.29, 1.82) is 0 Å². The number of anilines is 2. The van der Waals surface area contributed by atoms with Gasteiger partial charge in [-0.3, -0.25) is 9.78 Å². The van der Waals surface area contributed by atoms with E-state index in [0.29, 0.717) is 5.69 Å². The summed E-state index contributed by atoms with van der Waals surface area (Å²) in [5, 5.41) is 0.734. The van der Waals surface area contributed by atoms with Gasteiger partial charge in [0.05, 0.1) is 6.57 Å². The number of carbonyl (C=O) groups excluding carboxylic acids is 1. The molecule has 4 rings (SSSR count). The molecule has 0 aliphatic carbocycles. The van der Waals surface area contributed by atoms with Gasteiger partial charge in [0.1, 0.15) is 5.82 Å². The van der Waals surface area contributed by atoms with Crippen LogP contribution < -0.4 is 9.80 Å². The first-order valence-corrected chi connectivity index (χ1v) is 10.2. The van der Waals surface area contributed by atoms with Crippen LogP contribution in [0.15, 0.2) is 36.5 Å². The number of fused-ring (bicyclic) bond motifs is 1. The van der Waals surface area contributed by atoms with Crippen LogP contribution in [0, 0.1) is 12.5 Å². The van der Waals surface area contributed by atoms with Gasteiger partial charge < -0.3 is 9.80 Å². The lowest BCUT2D eigenvalue weighted by Crippen LogP contribution is -2.43. The second-order valence-electron chi connectivity index (χ2n) is 7.47. The molecule has 0 spiro atoms. The fourth-order valence-electron chi connectivity index (χ4n) is 4.16. The number of benzene rings is 1. The van der Waals surface area contributed by atoms with E-state index in [4.69, 9.17) is 18.2 Å². The third kappa shape index (κ3) is 3.83. The van der Waals surface area contributed by atoms with E-state index < -0.39 is 0 Å². The minimum Gasteiger partial charge on any atom is -0.357 e. The minimum atomic E-state index is 0.0420. The molecule has 5 nitrogen and oxygen atoms in total. The highest BCUT2D eigenvalue weighted by atomic mass is 35.5. The Morgan fingerprint density at radius 1 is 1.14 bits per heavy atom. The van der Waals surface area contributed by atoms with Crippen molar-refractivity contribution in [3.05, 3.63) is 58.5 Å². The minimum absolute atomic E-state index is 0.0420. The fraction of sp³-hybridized carbons (Fsp3) is 0.409. The Balaban J connectivity index is 1.45. The third-order valence-electron chi connectivity index (χ3n) is 5.71. The summed E-state index contributed by atoms with van der Waals surface area (Å²) >= 11 is 6.17. The molecule has 1 amide bonds. The number of aromatic nitrogens is 1. The molecule has 0 atom stereocenters. The Morgan fingerprint density at radius 3 is 2.68 bits per heavy atom. The van der Waals surface area contributed by atoms with Gasteiger partial charge in [0.2, 0.25) is 11.6 Å². The van der Waals surface area contributed by atoms with Gasteiger partial charge in [0.15, 0.2) is 0 Å². The van der Waals surface area contributed by atoms with Crippen molar-refractivity contribution < 1.29 is 4.79 Å².